The van der Waals surface area contributed by atoms with Crippen LogP contribution in [0.15, 0.2) is 65.6 Å². The number of hydrogen-bond acceptors (Lipinski definition) is 3. The highest BCUT2D eigenvalue weighted by Crippen LogP contribution is 2.47. The van der Waals surface area contributed by atoms with Gasteiger partial charge in [-0.05, 0) is 31.5 Å². The first-order chi connectivity index (χ1) is 10.6. The van der Waals surface area contributed by atoms with E-state index in [1.807, 2.05) is 62.4 Å². The van der Waals surface area contributed by atoms with Crippen LogP contribution in [0.1, 0.15) is 19.4 Å². The molecule has 4 heteroatoms. The summed E-state index contributed by atoms with van der Waals surface area (Å²) in [5.74, 6) is 0.0388. The number of benzene rings is 2. The summed E-state index contributed by atoms with van der Waals surface area (Å²) in [5, 5.41) is 1.51. The quantitative estimate of drug-likeness (QED) is 0.778. The topological polar surface area (TPSA) is 29.5 Å². The minimum atomic E-state index is -0.406. The first-order valence-corrected chi connectivity index (χ1v) is 8.19. The second-order valence-electron chi connectivity index (χ2n) is 5.89. The summed E-state index contributed by atoms with van der Waals surface area (Å²) in [4.78, 5) is 19.2. The third kappa shape index (κ3) is 2.89. The van der Waals surface area contributed by atoms with E-state index >= 15 is 0 Å². The fraction of sp³-hybridized carbons (Fsp3) is 0.278. The Morgan fingerprint density at radius 2 is 1.64 bits per heavy atom. The lowest BCUT2D eigenvalue weighted by Crippen LogP contribution is -2.64. The Morgan fingerprint density at radius 1 is 1.05 bits per heavy atom. The van der Waals surface area contributed by atoms with Crippen molar-refractivity contribution in [2.45, 2.75) is 30.7 Å². The molecule has 0 aromatic heterocycles. The molecule has 2 aromatic rings. The van der Waals surface area contributed by atoms with E-state index in [2.05, 4.69) is 12.1 Å². The van der Waals surface area contributed by atoms with Crippen LogP contribution in [-0.4, -0.2) is 16.3 Å². The molecule has 114 valence electrons. The monoisotopic (exact) mass is 313 g/mol. The predicted molar refractivity (Wildman–Crippen MR) is 87.9 cm³/mol. The van der Waals surface area contributed by atoms with E-state index < -0.39 is 5.41 Å². The lowest BCUT2D eigenvalue weighted by molar-refractivity contribution is -0.246. The Hall–Kier alpha value is -1.78. The van der Waals surface area contributed by atoms with Crippen LogP contribution in [0.2, 0.25) is 0 Å². The van der Waals surface area contributed by atoms with Crippen LogP contribution < -0.4 is 0 Å². The molecule has 1 amide bonds. The molecule has 1 aliphatic rings. The summed E-state index contributed by atoms with van der Waals surface area (Å²) in [5.41, 5.74) is 0.653. The summed E-state index contributed by atoms with van der Waals surface area (Å²) in [6.07, 6.45) is 0. The Labute approximate surface area is 135 Å². The van der Waals surface area contributed by atoms with Crippen molar-refractivity contribution in [2.75, 3.05) is 0 Å². The molecule has 0 N–H and O–H groups in total. The standard InChI is InChI=1S/C18H19NO2S/c1-18(2)16(20)19(21-13-14-9-5-3-6-10-14)17(18)22-15-11-7-4-8-12-15/h3-12,17H,13H2,1-2H3. The SMILES string of the molecule is CC1(C)C(=O)N(OCc2ccccc2)C1Sc1ccccc1. The predicted octanol–water partition coefficient (Wildman–Crippen LogP) is 4.11. The van der Waals surface area contributed by atoms with Gasteiger partial charge >= 0.3 is 0 Å². The molecule has 22 heavy (non-hydrogen) atoms. The van der Waals surface area contributed by atoms with Crippen molar-refractivity contribution in [2.24, 2.45) is 5.41 Å². The fourth-order valence-corrected chi connectivity index (χ4v) is 3.61. The van der Waals surface area contributed by atoms with Crippen LogP contribution in [0.4, 0.5) is 0 Å². The molecule has 0 aliphatic carbocycles. The largest absolute Gasteiger partial charge is 0.272 e. The Morgan fingerprint density at radius 3 is 2.27 bits per heavy atom. The van der Waals surface area contributed by atoms with Crippen LogP contribution in [0.3, 0.4) is 0 Å². The summed E-state index contributed by atoms with van der Waals surface area (Å²) in [6, 6.07) is 20.0. The van der Waals surface area contributed by atoms with E-state index in [1.54, 1.807) is 11.8 Å². The van der Waals surface area contributed by atoms with Gasteiger partial charge in [0.25, 0.3) is 5.91 Å². The number of hydrogen-bond donors (Lipinski definition) is 0. The Balaban J connectivity index is 1.68. The smallest absolute Gasteiger partial charge is 0.255 e. The van der Waals surface area contributed by atoms with E-state index in [1.165, 1.54) is 5.06 Å². The maximum absolute atomic E-state index is 12.3. The summed E-state index contributed by atoms with van der Waals surface area (Å²) >= 11 is 1.66. The van der Waals surface area contributed by atoms with Crippen molar-refractivity contribution in [3.05, 3.63) is 66.2 Å². The lowest BCUT2D eigenvalue weighted by atomic mass is 9.84. The molecule has 1 atom stereocenters. The number of β-lactam (4-membered cyclic amide) rings is 1. The van der Waals surface area contributed by atoms with E-state index in [0.717, 1.165) is 10.5 Å². The summed E-state index contributed by atoms with van der Waals surface area (Å²) < 4.78 is 0. The number of carbonyl (C=O) groups excluding carboxylic acids is 1. The molecule has 0 spiro atoms. The van der Waals surface area contributed by atoms with Gasteiger partial charge in [0.05, 0.1) is 5.41 Å². The molecule has 2 aromatic carbocycles. The highest BCUT2D eigenvalue weighted by Gasteiger charge is 2.56. The van der Waals surface area contributed by atoms with Gasteiger partial charge in [0.15, 0.2) is 0 Å². The lowest BCUT2D eigenvalue weighted by Gasteiger charge is -2.50. The Kier molecular flexibility index (Phi) is 4.23. The second kappa shape index (κ2) is 6.15. The van der Waals surface area contributed by atoms with Crippen molar-refractivity contribution in [3.8, 4) is 0 Å². The molecule has 3 rings (SSSR count). The minimum Gasteiger partial charge on any atom is -0.272 e. The average Bonchev–Trinajstić information content (AvgIpc) is 2.56. The number of thioether (sulfide) groups is 1. The number of nitrogens with zero attached hydrogens (tertiary/aromatic N) is 1. The molecule has 0 radical (unpaired) electrons. The maximum Gasteiger partial charge on any atom is 0.255 e. The maximum atomic E-state index is 12.3. The average molecular weight is 313 g/mol. The molecule has 1 saturated heterocycles. The molecular weight excluding hydrogens is 294 g/mol. The van der Waals surface area contributed by atoms with Crippen LogP contribution in [0, 0.1) is 5.41 Å². The number of amides is 1. The van der Waals surface area contributed by atoms with Crippen molar-refractivity contribution in [3.63, 3.8) is 0 Å². The van der Waals surface area contributed by atoms with Gasteiger partial charge < -0.3 is 0 Å². The first kappa shape index (κ1) is 15.1. The highest BCUT2D eigenvalue weighted by molar-refractivity contribution is 8.00. The zero-order valence-electron chi connectivity index (χ0n) is 12.7. The van der Waals surface area contributed by atoms with Gasteiger partial charge in [-0.3, -0.25) is 9.63 Å². The zero-order chi connectivity index (χ0) is 15.6. The van der Waals surface area contributed by atoms with Crippen LogP contribution in [0.25, 0.3) is 0 Å². The zero-order valence-corrected chi connectivity index (χ0v) is 13.5. The van der Waals surface area contributed by atoms with E-state index in [9.17, 15) is 4.79 Å². The normalized spacial score (nSPS) is 19.8. The van der Waals surface area contributed by atoms with E-state index in [4.69, 9.17) is 4.84 Å². The molecule has 3 nitrogen and oxygen atoms in total. The van der Waals surface area contributed by atoms with Crippen molar-refractivity contribution < 1.29 is 9.63 Å². The number of carbonyl (C=O) groups is 1. The Bertz CT molecular complexity index is 643. The molecule has 0 saturated carbocycles. The van der Waals surface area contributed by atoms with E-state index in [-0.39, 0.29) is 11.3 Å². The molecule has 1 unspecified atom stereocenters. The molecule has 0 bridgehead atoms. The minimum absolute atomic E-state index is 0.00823. The molecule has 1 fully saturated rings. The molecule has 1 aliphatic heterocycles. The van der Waals surface area contributed by atoms with E-state index in [0.29, 0.717) is 6.61 Å². The van der Waals surface area contributed by atoms with Gasteiger partial charge in [-0.2, -0.15) is 0 Å². The van der Waals surface area contributed by atoms with Gasteiger partial charge in [-0.1, -0.05) is 60.3 Å². The number of rotatable bonds is 5. The summed E-state index contributed by atoms with van der Waals surface area (Å²) in [6.45, 7) is 4.35. The van der Waals surface area contributed by atoms with Crippen molar-refractivity contribution in [1.82, 2.24) is 5.06 Å². The second-order valence-corrected chi connectivity index (χ2v) is 7.05. The first-order valence-electron chi connectivity index (χ1n) is 7.31. The molecule has 1 heterocycles. The number of hydroxylamine groups is 2. The van der Waals surface area contributed by atoms with Gasteiger partial charge in [-0.15, -0.1) is 0 Å². The van der Waals surface area contributed by atoms with Gasteiger partial charge in [0, 0.05) is 4.90 Å². The fourth-order valence-electron chi connectivity index (χ4n) is 2.39. The van der Waals surface area contributed by atoms with Crippen LogP contribution >= 0.6 is 11.8 Å². The third-order valence-corrected chi connectivity index (χ3v) is 5.33. The van der Waals surface area contributed by atoms with Crippen molar-refractivity contribution in [1.29, 1.82) is 0 Å². The third-order valence-electron chi connectivity index (χ3n) is 3.79. The molecular formula is C18H19NO2S. The summed E-state index contributed by atoms with van der Waals surface area (Å²) in [7, 11) is 0. The highest BCUT2D eigenvalue weighted by atomic mass is 32.2. The van der Waals surface area contributed by atoms with Gasteiger partial charge in [0.1, 0.15) is 12.0 Å². The van der Waals surface area contributed by atoms with Crippen LogP contribution in [-0.2, 0) is 16.2 Å². The van der Waals surface area contributed by atoms with Gasteiger partial charge in [0.2, 0.25) is 0 Å². The van der Waals surface area contributed by atoms with Gasteiger partial charge in [-0.25, -0.2) is 5.06 Å². The van der Waals surface area contributed by atoms with Crippen LogP contribution in [0.5, 0.6) is 0 Å². The van der Waals surface area contributed by atoms with Crippen molar-refractivity contribution >= 4 is 17.7 Å².